The van der Waals surface area contributed by atoms with Gasteiger partial charge >= 0.3 is 11.9 Å². The smallest absolute Gasteiger partial charge is 0.306 e. The third-order valence-electron chi connectivity index (χ3n) is 10.3. The molecule has 0 aromatic carbocycles. The first-order chi connectivity index (χ1) is 27.0. The molecule has 0 aliphatic carbocycles. The maximum absolute atomic E-state index is 12.7. The van der Waals surface area contributed by atoms with Crippen LogP contribution in [-0.2, 0) is 32.7 Å². The lowest BCUT2D eigenvalue weighted by Crippen LogP contribution is -2.37. The van der Waals surface area contributed by atoms with Gasteiger partial charge in [0, 0.05) is 12.8 Å². The largest absolute Gasteiger partial charge is 0.756 e. The highest BCUT2D eigenvalue weighted by Gasteiger charge is 2.21. The molecule has 2 atom stereocenters. The number of carbonyl (C=O) groups excluding carboxylic acids is 2. The second-order valence-electron chi connectivity index (χ2n) is 17.1. The molecule has 0 bridgehead atoms. The molecule has 0 heterocycles. The first-order valence-corrected chi connectivity index (χ1v) is 24.9. The molecule has 1 unspecified atom stereocenters. The quantitative estimate of drug-likeness (QED) is 0.0197. The van der Waals surface area contributed by atoms with Crippen LogP contribution in [0.4, 0.5) is 0 Å². The van der Waals surface area contributed by atoms with Crippen LogP contribution in [-0.4, -0.2) is 70.0 Å². The van der Waals surface area contributed by atoms with E-state index in [1.54, 1.807) is 0 Å². The monoisotopic (exact) mass is 816 g/mol. The Labute approximate surface area is 346 Å². The van der Waals surface area contributed by atoms with E-state index in [-0.39, 0.29) is 32.0 Å². The number of carbonyl (C=O) groups is 2. The van der Waals surface area contributed by atoms with Crippen molar-refractivity contribution in [2.75, 3.05) is 47.5 Å². The van der Waals surface area contributed by atoms with Gasteiger partial charge in [-0.2, -0.15) is 0 Å². The second-order valence-corrected chi connectivity index (χ2v) is 18.5. The molecule has 0 saturated carbocycles. The SMILES string of the molecule is CCCC/C=C/CCCCCCCCCCCC(=O)O[C@H](COC(=O)CCCCCCCCCCCCCCCCCCC)COP(=O)([O-])OCC[N+](C)(C)C. The number of quaternary nitrogens is 1. The molecule has 56 heavy (non-hydrogen) atoms. The van der Waals surface area contributed by atoms with Crippen molar-refractivity contribution in [1.29, 1.82) is 0 Å². The molecule has 10 heteroatoms. The minimum Gasteiger partial charge on any atom is -0.756 e. The summed E-state index contributed by atoms with van der Waals surface area (Å²) in [4.78, 5) is 37.6. The molecule has 0 amide bonds. The summed E-state index contributed by atoms with van der Waals surface area (Å²) < 4.78 is 34.0. The van der Waals surface area contributed by atoms with E-state index >= 15 is 0 Å². The Hall–Kier alpha value is -1.25. The van der Waals surface area contributed by atoms with Crippen molar-refractivity contribution in [3.63, 3.8) is 0 Å². The molecule has 332 valence electrons. The molecular formula is C46H90NO8P. The van der Waals surface area contributed by atoms with Gasteiger partial charge in [-0.25, -0.2) is 0 Å². The number of ether oxygens (including phenoxy) is 2. The van der Waals surface area contributed by atoms with Crippen LogP contribution >= 0.6 is 7.82 Å². The Morgan fingerprint density at radius 1 is 0.536 bits per heavy atom. The Morgan fingerprint density at radius 2 is 0.929 bits per heavy atom. The van der Waals surface area contributed by atoms with E-state index in [1.807, 2.05) is 21.1 Å². The molecule has 0 aliphatic heterocycles. The van der Waals surface area contributed by atoms with Crippen LogP contribution in [0.2, 0.25) is 0 Å². The van der Waals surface area contributed by atoms with Crippen LogP contribution in [0.5, 0.6) is 0 Å². The van der Waals surface area contributed by atoms with E-state index in [1.165, 1.54) is 148 Å². The standard InChI is InChI=1S/C46H90NO8P/c1-6-8-10-12-14-16-18-20-22-23-25-26-28-30-32-34-36-38-45(48)52-42-44(43-54-56(50,51)53-41-40-47(3,4)5)55-46(49)39-37-35-33-31-29-27-24-21-19-17-15-13-11-9-7-2/h13,15,44H,6-12,14,16-43H2,1-5H3/b15-13+/t44-/m1/s1. The van der Waals surface area contributed by atoms with Crippen molar-refractivity contribution in [3.8, 4) is 0 Å². The third kappa shape index (κ3) is 42.4. The average molecular weight is 816 g/mol. The number of hydrogen-bond donors (Lipinski definition) is 0. The zero-order valence-corrected chi connectivity index (χ0v) is 38.2. The number of esters is 2. The predicted molar refractivity (Wildman–Crippen MR) is 231 cm³/mol. The van der Waals surface area contributed by atoms with Crippen molar-refractivity contribution >= 4 is 19.8 Å². The summed E-state index contributed by atoms with van der Waals surface area (Å²) >= 11 is 0. The van der Waals surface area contributed by atoms with Crippen molar-refractivity contribution in [3.05, 3.63) is 12.2 Å². The fourth-order valence-corrected chi connectivity index (χ4v) is 7.31. The van der Waals surface area contributed by atoms with E-state index in [9.17, 15) is 19.0 Å². The van der Waals surface area contributed by atoms with Gasteiger partial charge in [-0.3, -0.25) is 14.2 Å². The van der Waals surface area contributed by atoms with Gasteiger partial charge in [-0.1, -0.05) is 187 Å². The number of phosphoric ester groups is 1. The van der Waals surface area contributed by atoms with E-state index in [0.717, 1.165) is 38.5 Å². The summed E-state index contributed by atoms with van der Waals surface area (Å²) in [6.45, 7) is 4.23. The molecular weight excluding hydrogens is 725 g/mol. The summed E-state index contributed by atoms with van der Waals surface area (Å²) in [5.41, 5.74) is 0. The van der Waals surface area contributed by atoms with Crippen LogP contribution < -0.4 is 4.89 Å². The highest BCUT2D eigenvalue weighted by Crippen LogP contribution is 2.38. The minimum absolute atomic E-state index is 0.0279. The van der Waals surface area contributed by atoms with Crippen LogP contribution in [0.1, 0.15) is 219 Å². The first kappa shape index (κ1) is 54.8. The number of nitrogens with zero attached hydrogens (tertiary/aromatic N) is 1. The zero-order valence-electron chi connectivity index (χ0n) is 37.3. The molecule has 0 saturated heterocycles. The number of rotatable bonds is 43. The van der Waals surface area contributed by atoms with Gasteiger partial charge in [0.05, 0.1) is 27.7 Å². The average Bonchev–Trinajstić information content (AvgIpc) is 3.15. The van der Waals surface area contributed by atoms with E-state index in [0.29, 0.717) is 17.4 Å². The predicted octanol–water partition coefficient (Wildman–Crippen LogP) is 12.7. The Morgan fingerprint density at radius 3 is 1.38 bits per heavy atom. The van der Waals surface area contributed by atoms with Gasteiger partial charge in [0.1, 0.15) is 19.8 Å². The molecule has 0 N–H and O–H groups in total. The fraction of sp³-hybridized carbons (Fsp3) is 0.913. The van der Waals surface area contributed by atoms with Crippen molar-refractivity contribution in [1.82, 2.24) is 0 Å². The zero-order chi connectivity index (χ0) is 41.4. The molecule has 0 fully saturated rings. The highest BCUT2D eigenvalue weighted by molar-refractivity contribution is 7.45. The Kier molecular flexibility index (Phi) is 38.3. The summed E-state index contributed by atoms with van der Waals surface area (Å²) in [6, 6.07) is 0. The summed E-state index contributed by atoms with van der Waals surface area (Å²) in [5, 5.41) is 0. The molecule has 0 spiro atoms. The third-order valence-corrected chi connectivity index (χ3v) is 11.2. The van der Waals surface area contributed by atoms with Gasteiger partial charge in [0.2, 0.25) is 0 Å². The van der Waals surface area contributed by atoms with Crippen LogP contribution in [0, 0.1) is 0 Å². The topological polar surface area (TPSA) is 111 Å². The van der Waals surface area contributed by atoms with Crippen molar-refractivity contribution in [2.24, 2.45) is 0 Å². The van der Waals surface area contributed by atoms with Crippen molar-refractivity contribution < 1.29 is 42.1 Å². The fourth-order valence-electron chi connectivity index (χ4n) is 6.58. The maximum atomic E-state index is 12.7. The lowest BCUT2D eigenvalue weighted by molar-refractivity contribution is -0.870. The van der Waals surface area contributed by atoms with E-state index in [2.05, 4.69) is 26.0 Å². The minimum atomic E-state index is -4.62. The van der Waals surface area contributed by atoms with Crippen molar-refractivity contribution in [2.45, 2.75) is 225 Å². The lowest BCUT2D eigenvalue weighted by Gasteiger charge is -2.28. The van der Waals surface area contributed by atoms with Crippen LogP contribution in [0.3, 0.4) is 0 Å². The summed E-state index contributed by atoms with van der Waals surface area (Å²) in [7, 11) is 1.18. The second kappa shape index (κ2) is 39.2. The lowest BCUT2D eigenvalue weighted by atomic mass is 10.0. The Balaban J connectivity index is 4.28. The van der Waals surface area contributed by atoms with Gasteiger partial charge in [0.15, 0.2) is 6.10 Å². The molecule has 0 rings (SSSR count). The number of phosphoric acid groups is 1. The first-order valence-electron chi connectivity index (χ1n) is 23.4. The van der Waals surface area contributed by atoms with Gasteiger partial charge in [0.25, 0.3) is 7.82 Å². The van der Waals surface area contributed by atoms with Gasteiger partial charge in [-0.05, 0) is 32.1 Å². The number of hydrogen-bond acceptors (Lipinski definition) is 8. The van der Waals surface area contributed by atoms with E-state index in [4.69, 9.17) is 18.5 Å². The number of allylic oxidation sites excluding steroid dienone is 2. The van der Waals surface area contributed by atoms with Gasteiger partial charge in [-0.15, -0.1) is 0 Å². The van der Waals surface area contributed by atoms with Crippen LogP contribution in [0.25, 0.3) is 0 Å². The highest BCUT2D eigenvalue weighted by atomic mass is 31.2. The van der Waals surface area contributed by atoms with Gasteiger partial charge < -0.3 is 27.9 Å². The number of likely N-dealkylation sites (N-methyl/N-ethyl adjacent to an activating group) is 1. The van der Waals surface area contributed by atoms with E-state index < -0.39 is 26.5 Å². The molecule has 0 aromatic heterocycles. The molecule has 0 radical (unpaired) electrons. The normalized spacial score (nSPS) is 13.6. The summed E-state index contributed by atoms with van der Waals surface area (Å²) in [5.74, 6) is -0.825. The Bertz CT molecular complexity index is 969. The maximum Gasteiger partial charge on any atom is 0.306 e. The van der Waals surface area contributed by atoms with Crippen LogP contribution in [0.15, 0.2) is 12.2 Å². The summed E-state index contributed by atoms with van der Waals surface area (Å²) in [6.07, 6.45) is 40.9. The molecule has 0 aliphatic rings. The number of unbranched alkanes of at least 4 members (excludes halogenated alkanes) is 27. The molecule has 9 nitrogen and oxygen atoms in total. The molecule has 0 aromatic rings.